The van der Waals surface area contributed by atoms with E-state index in [9.17, 15) is 4.79 Å². The Morgan fingerprint density at radius 3 is 1.83 bits per heavy atom. The van der Waals surface area contributed by atoms with E-state index in [4.69, 9.17) is 5.11 Å². The smallest absolute Gasteiger partial charge is 0.303 e. The Labute approximate surface area is 150 Å². The van der Waals surface area contributed by atoms with Gasteiger partial charge in [-0.1, -0.05) is 96.8 Å². The standard InChI is InChI=1S/C20H38O2.ClH/c1-2-3-4-5-6-9-13-18-15-12-16-19(18)14-10-7-8-11-17-20(21)22;/h18-19H,2-17H2,1H3,(H,21,22);1H/t18-,19-;/m0./s1. The van der Waals surface area contributed by atoms with Gasteiger partial charge >= 0.3 is 5.97 Å². The summed E-state index contributed by atoms with van der Waals surface area (Å²) >= 11 is 0. The predicted molar refractivity (Wildman–Crippen MR) is 101 cm³/mol. The fourth-order valence-corrected chi connectivity index (χ4v) is 4.10. The molecule has 2 nitrogen and oxygen atoms in total. The topological polar surface area (TPSA) is 37.3 Å². The third-order valence-electron chi connectivity index (χ3n) is 5.46. The van der Waals surface area contributed by atoms with Crippen molar-refractivity contribution in [2.24, 2.45) is 11.8 Å². The summed E-state index contributed by atoms with van der Waals surface area (Å²) in [6, 6.07) is 0. The van der Waals surface area contributed by atoms with Crippen LogP contribution in [0.3, 0.4) is 0 Å². The van der Waals surface area contributed by atoms with Gasteiger partial charge in [0.1, 0.15) is 0 Å². The monoisotopic (exact) mass is 346 g/mol. The Balaban J connectivity index is 0.00000484. The molecule has 2 atom stereocenters. The maximum absolute atomic E-state index is 10.5. The van der Waals surface area contributed by atoms with Gasteiger partial charge in [0.25, 0.3) is 0 Å². The summed E-state index contributed by atoms with van der Waals surface area (Å²) in [4.78, 5) is 10.5. The Bertz CT molecular complexity index is 281. The van der Waals surface area contributed by atoms with E-state index in [2.05, 4.69) is 6.92 Å². The van der Waals surface area contributed by atoms with Crippen molar-refractivity contribution in [2.75, 3.05) is 0 Å². The summed E-state index contributed by atoms with van der Waals surface area (Å²) in [6.45, 7) is 2.28. The van der Waals surface area contributed by atoms with Crippen LogP contribution in [0.5, 0.6) is 0 Å². The lowest BCUT2D eigenvalue weighted by Crippen LogP contribution is -2.08. The van der Waals surface area contributed by atoms with Gasteiger partial charge < -0.3 is 5.11 Å². The highest BCUT2D eigenvalue weighted by molar-refractivity contribution is 5.85. The third kappa shape index (κ3) is 11.9. The van der Waals surface area contributed by atoms with Crippen LogP contribution in [-0.2, 0) is 4.79 Å². The maximum Gasteiger partial charge on any atom is 0.303 e. The van der Waals surface area contributed by atoms with E-state index < -0.39 is 5.97 Å². The molecular weight excluding hydrogens is 308 g/mol. The van der Waals surface area contributed by atoms with E-state index in [1.165, 1.54) is 83.5 Å². The molecule has 3 heteroatoms. The number of hydrogen-bond donors (Lipinski definition) is 1. The molecule has 1 rings (SSSR count). The maximum atomic E-state index is 10.5. The van der Waals surface area contributed by atoms with Gasteiger partial charge in [0.15, 0.2) is 0 Å². The zero-order valence-corrected chi connectivity index (χ0v) is 16.0. The first-order valence-corrected chi connectivity index (χ1v) is 9.95. The van der Waals surface area contributed by atoms with Gasteiger partial charge in [0.05, 0.1) is 0 Å². The molecule has 0 spiro atoms. The molecule has 0 amide bonds. The number of halogens is 1. The molecule has 0 bridgehead atoms. The first kappa shape index (κ1) is 22.8. The zero-order chi connectivity index (χ0) is 16.0. The van der Waals surface area contributed by atoms with Crippen molar-refractivity contribution in [2.45, 2.75) is 110 Å². The van der Waals surface area contributed by atoms with Crippen molar-refractivity contribution in [3.05, 3.63) is 0 Å². The van der Waals surface area contributed by atoms with Crippen LogP contribution in [0.1, 0.15) is 110 Å². The highest BCUT2D eigenvalue weighted by Gasteiger charge is 2.25. The Hall–Kier alpha value is -0.240. The summed E-state index contributed by atoms with van der Waals surface area (Å²) in [5, 5.41) is 8.63. The van der Waals surface area contributed by atoms with Crippen molar-refractivity contribution in [3.8, 4) is 0 Å². The molecule has 1 aliphatic rings. The highest BCUT2D eigenvalue weighted by Crippen LogP contribution is 2.38. The molecule has 0 unspecified atom stereocenters. The quantitative estimate of drug-likeness (QED) is 0.344. The molecule has 0 saturated heterocycles. The molecule has 23 heavy (non-hydrogen) atoms. The van der Waals surface area contributed by atoms with Crippen molar-refractivity contribution in [1.29, 1.82) is 0 Å². The van der Waals surface area contributed by atoms with Crippen LogP contribution in [0.15, 0.2) is 0 Å². The summed E-state index contributed by atoms with van der Waals surface area (Å²) in [5.41, 5.74) is 0. The predicted octanol–water partition coefficient (Wildman–Crippen LogP) is 7.00. The molecule has 0 aliphatic heterocycles. The second-order valence-electron chi connectivity index (χ2n) is 7.35. The SMILES string of the molecule is CCCCCCCC[C@H]1CCC[C@@H]1CCCCCCC(=O)O.Cl. The number of carboxylic acid groups (broad SMARTS) is 1. The van der Waals surface area contributed by atoms with Gasteiger partial charge in [-0.3, -0.25) is 4.79 Å². The van der Waals surface area contributed by atoms with Gasteiger partial charge in [0, 0.05) is 6.42 Å². The van der Waals surface area contributed by atoms with Crippen LogP contribution >= 0.6 is 12.4 Å². The molecule has 0 radical (unpaired) electrons. The number of rotatable bonds is 14. The second-order valence-corrected chi connectivity index (χ2v) is 7.35. The molecule has 1 aliphatic carbocycles. The third-order valence-corrected chi connectivity index (χ3v) is 5.46. The van der Waals surface area contributed by atoms with E-state index in [-0.39, 0.29) is 12.4 Å². The molecule has 0 heterocycles. The van der Waals surface area contributed by atoms with Crippen LogP contribution in [-0.4, -0.2) is 11.1 Å². The van der Waals surface area contributed by atoms with Crippen molar-refractivity contribution < 1.29 is 9.90 Å². The van der Waals surface area contributed by atoms with Gasteiger partial charge in [-0.05, 0) is 18.3 Å². The largest absolute Gasteiger partial charge is 0.481 e. The number of carboxylic acids is 1. The van der Waals surface area contributed by atoms with Crippen molar-refractivity contribution in [1.82, 2.24) is 0 Å². The van der Waals surface area contributed by atoms with Gasteiger partial charge in [0.2, 0.25) is 0 Å². The first-order chi connectivity index (χ1) is 10.7. The first-order valence-electron chi connectivity index (χ1n) is 9.95. The molecule has 0 aromatic carbocycles. The highest BCUT2D eigenvalue weighted by atomic mass is 35.5. The van der Waals surface area contributed by atoms with E-state index >= 15 is 0 Å². The zero-order valence-electron chi connectivity index (χ0n) is 15.2. The Kier molecular flexibility index (Phi) is 15.1. The molecule has 1 saturated carbocycles. The average molecular weight is 347 g/mol. The van der Waals surface area contributed by atoms with Gasteiger partial charge in [-0.25, -0.2) is 0 Å². The van der Waals surface area contributed by atoms with Crippen LogP contribution < -0.4 is 0 Å². The van der Waals surface area contributed by atoms with Crippen molar-refractivity contribution in [3.63, 3.8) is 0 Å². The summed E-state index contributed by atoms with van der Waals surface area (Å²) < 4.78 is 0. The normalized spacial score (nSPS) is 20.4. The summed E-state index contributed by atoms with van der Waals surface area (Å²) in [7, 11) is 0. The fraction of sp³-hybridized carbons (Fsp3) is 0.950. The number of carbonyl (C=O) groups is 1. The van der Waals surface area contributed by atoms with Crippen LogP contribution in [0.2, 0.25) is 0 Å². The minimum absolute atomic E-state index is 0. The number of hydrogen-bond acceptors (Lipinski definition) is 1. The Morgan fingerprint density at radius 1 is 0.826 bits per heavy atom. The Morgan fingerprint density at radius 2 is 1.30 bits per heavy atom. The van der Waals surface area contributed by atoms with E-state index in [0.29, 0.717) is 6.42 Å². The van der Waals surface area contributed by atoms with Crippen LogP contribution in [0.4, 0.5) is 0 Å². The lowest BCUT2D eigenvalue weighted by atomic mass is 9.86. The molecule has 1 fully saturated rings. The molecule has 1 N–H and O–H groups in total. The van der Waals surface area contributed by atoms with Crippen molar-refractivity contribution >= 4 is 18.4 Å². The summed E-state index contributed by atoms with van der Waals surface area (Å²) in [6.07, 6.45) is 20.6. The van der Waals surface area contributed by atoms with Crippen LogP contribution in [0, 0.1) is 11.8 Å². The number of unbranched alkanes of at least 4 members (excludes halogenated alkanes) is 8. The molecular formula is C20H39ClO2. The van der Waals surface area contributed by atoms with Gasteiger partial charge in [-0.2, -0.15) is 0 Å². The number of aliphatic carboxylic acids is 1. The fourth-order valence-electron chi connectivity index (χ4n) is 4.10. The second kappa shape index (κ2) is 15.3. The molecule has 0 aromatic heterocycles. The molecule has 0 aromatic rings. The minimum atomic E-state index is -0.644. The lowest BCUT2D eigenvalue weighted by Gasteiger charge is -2.19. The van der Waals surface area contributed by atoms with Gasteiger partial charge in [-0.15, -0.1) is 12.4 Å². The molecule has 138 valence electrons. The van der Waals surface area contributed by atoms with Crippen LogP contribution in [0.25, 0.3) is 0 Å². The summed E-state index contributed by atoms with van der Waals surface area (Å²) in [5.74, 6) is 1.34. The van der Waals surface area contributed by atoms with E-state index in [1.807, 2.05) is 0 Å². The van der Waals surface area contributed by atoms with E-state index in [1.54, 1.807) is 0 Å². The lowest BCUT2D eigenvalue weighted by molar-refractivity contribution is -0.137. The van der Waals surface area contributed by atoms with E-state index in [0.717, 1.165) is 24.7 Å². The average Bonchev–Trinajstić information content (AvgIpc) is 2.93. The minimum Gasteiger partial charge on any atom is -0.481 e.